The van der Waals surface area contributed by atoms with E-state index >= 15 is 0 Å². The summed E-state index contributed by atoms with van der Waals surface area (Å²) < 4.78 is 13.1. The number of hydrogen-bond acceptors (Lipinski definition) is 10. The first-order chi connectivity index (χ1) is 32.8. The van der Waals surface area contributed by atoms with Gasteiger partial charge in [-0.2, -0.15) is 0 Å². The number of rotatable bonds is 31. The van der Waals surface area contributed by atoms with Gasteiger partial charge in [0, 0.05) is 49.5 Å². The largest absolute Gasteiger partial charge is 0.461 e. The van der Waals surface area contributed by atoms with Gasteiger partial charge in [-0.1, -0.05) is 110 Å². The number of nitrogens with two attached hydrogens (primary N) is 2. The highest BCUT2D eigenvalue weighted by atomic mass is 16.7. The second-order valence-electron chi connectivity index (χ2n) is 22.1. The van der Waals surface area contributed by atoms with Gasteiger partial charge in [0.05, 0.1) is 23.8 Å². The van der Waals surface area contributed by atoms with Crippen molar-refractivity contribution < 1.29 is 38.1 Å². The first kappa shape index (κ1) is 55.9. The number of carbonyl (C=O) groups is 6. The van der Waals surface area contributed by atoms with Crippen molar-refractivity contribution in [2.75, 3.05) is 13.1 Å². The SMILES string of the molecule is CCCCc1ccc(-c2ccc(C(=O)CCCC(=O)C[C@@H](CCCCN)C(=O)N[C@@H](CCCN)C(=O)C[C@@H](C)C(=O)N[C@@H](CC(C)C)C(=O)C[C@@H](C)B3OC4C[C@@H]5C[C@@H](C5(C)C)[C@]4(C)O3)cc2)cc1. The molecule has 0 radical (unpaired) electrons. The van der Waals surface area contributed by atoms with E-state index in [0.717, 1.165) is 43.2 Å². The summed E-state index contributed by atoms with van der Waals surface area (Å²) in [6, 6.07) is 14.5. The first-order valence-electron chi connectivity index (χ1n) is 26.4. The lowest BCUT2D eigenvalue weighted by atomic mass is 9.43. The van der Waals surface area contributed by atoms with Crippen molar-refractivity contribution in [1.29, 1.82) is 0 Å². The average Bonchev–Trinajstić information content (AvgIpc) is 3.69. The minimum absolute atomic E-state index is 0.0118. The van der Waals surface area contributed by atoms with E-state index in [-0.39, 0.29) is 90.5 Å². The van der Waals surface area contributed by atoms with Crippen LogP contribution in [-0.4, -0.2) is 78.9 Å². The monoisotopic (exact) mass is 953 g/mol. The Morgan fingerprint density at radius 3 is 1.99 bits per heavy atom. The molecule has 3 saturated carbocycles. The molecule has 2 aromatic carbocycles. The van der Waals surface area contributed by atoms with Gasteiger partial charge in [-0.05, 0) is 130 Å². The fraction of sp³-hybridized carbons (Fsp3) is 0.679. The van der Waals surface area contributed by atoms with Gasteiger partial charge in [0.25, 0.3) is 0 Å². The summed E-state index contributed by atoms with van der Waals surface area (Å²) in [7, 11) is -0.500. The molecular weight excluding hydrogens is 867 g/mol. The molecule has 2 amide bonds. The lowest BCUT2D eigenvalue weighted by molar-refractivity contribution is -0.199. The maximum absolute atomic E-state index is 13.9. The van der Waals surface area contributed by atoms with Gasteiger partial charge >= 0.3 is 7.12 Å². The van der Waals surface area contributed by atoms with E-state index in [2.05, 4.69) is 62.6 Å². The summed E-state index contributed by atoms with van der Waals surface area (Å²) in [5, 5.41) is 5.90. The first-order valence-corrected chi connectivity index (χ1v) is 26.4. The lowest BCUT2D eigenvalue weighted by Crippen LogP contribution is -2.65. The van der Waals surface area contributed by atoms with Crippen LogP contribution in [0, 0.1) is 35.0 Å². The zero-order chi connectivity index (χ0) is 50.5. The molecule has 6 rings (SSSR count). The molecule has 0 aromatic heterocycles. The normalized spacial score (nSPS) is 22.4. The number of aryl methyl sites for hydroxylation is 1. The molecule has 4 aliphatic rings. The van der Waals surface area contributed by atoms with E-state index < -0.39 is 42.9 Å². The molecule has 69 heavy (non-hydrogen) atoms. The van der Waals surface area contributed by atoms with Crippen LogP contribution < -0.4 is 22.1 Å². The zero-order valence-corrected chi connectivity index (χ0v) is 43.2. The fourth-order valence-electron chi connectivity index (χ4n) is 11.1. The summed E-state index contributed by atoms with van der Waals surface area (Å²) in [6.07, 6.45) is 9.14. The molecule has 1 aliphatic heterocycles. The Morgan fingerprint density at radius 1 is 0.725 bits per heavy atom. The maximum atomic E-state index is 13.9. The van der Waals surface area contributed by atoms with Gasteiger partial charge in [-0.25, -0.2) is 0 Å². The van der Waals surface area contributed by atoms with Crippen LogP contribution in [0.3, 0.4) is 0 Å². The second-order valence-corrected chi connectivity index (χ2v) is 22.1. The molecule has 4 fully saturated rings. The third-order valence-electron chi connectivity index (χ3n) is 15.8. The quantitative estimate of drug-likeness (QED) is 0.0321. The third kappa shape index (κ3) is 15.0. The Hall–Kier alpha value is -4.04. The zero-order valence-electron chi connectivity index (χ0n) is 43.2. The molecule has 2 bridgehead atoms. The van der Waals surface area contributed by atoms with Crippen molar-refractivity contribution >= 4 is 42.1 Å². The molecule has 9 atom stereocenters. The third-order valence-corrected chi connectivity index (χ3v) is 15.8. The number of ketones is 4. The fourth-order valence-corrected chi connectivity index (χ4v) is 11.1. The predicted octanol–water partition coefficient (Wildman–Crippen LogP) is 9.18. The Morgan fingerprint density at radius 2 is 1.36 bits per heavy atom. The van der Waals surface area contributed by atoms with Gasteiger partial charge < -0.3 is 31.4 Å². The molecule has 12 nitrogen and oxygen atoms in total. The number of Topliss-reactive ketones (excluding diaryl/α,β-unsaturated/α-hetero) is 4. The average molecular weight is 953 g/mol. The summed E-state index contributed by atoms with van der Waals surface area (Å²) in [5.74, 6) is -1.91. The van der Waals surface area contributed by atoms with E-state index in [1.165, 1.54) is 5.56 Å². The Kier molecular flexibility index (Phi) is 21.0. The van der Waals surface area contributed by atoms with Gasteiger partial charge in [-0.3, -0.25) is 28.8 Å². The van der Waals surface area contributed by atoms with E-state index in [1.54, 1.807) is 6.92 Å². The van der Waals surface area contributed by atoms with Crippen LogP contribution in [0.4, 0.5) is 0 Å². The summed E-state index contributed by atoms with van der Waals surface area (Å²) in [4.78, 5) is 81.9. The smallest absolute Gasteiger partial charge is 0.405 e. The van der Waals surface area contributed by atoms with Gasteiger partial charge in [0.15, 0.2) is 17.3 Å². The molecule has 1 unspecified atom stereocenters. The van der Waals surface area contributed by atoms with E-state index in [1.807, 2.05) is 45.0 Å². The van der Waals surface area contributed by atoms with Crippen molar-refractivity contribution in [3.63, 3.8) is 0 Å². The van der Waals surface area contributed by atoms with Crippen LogP contribution >= 0.6 is 0 Å². The van der Waals surface area contributed by atoms with Gasteiger partial charge in [0.2, 0.25) is 11.8 Å². The minimum atomic E-state index is -0.903. The van der Waals surface area contributed by atoms with Crippen molar-refractivity contribution in [3.05, 3.63) is 59.7 Å². The highest BCUT2D eigenvalue weighted by molar-refractivity contribution is 6.47. The van der Waals surface area contributed by atoms with Crippen LogP contribution in [-0.2, 0) is 39.7 Å². The lowest BCUT2D eigenvalue weighted by Gasteiger charge is -2.64. The minimum Gasteiger partial charge on any atom is -0.405 e. The van der Waals surface area contributed by atoms with Crippen LogP contribution in [0.25, 0.3) is 11.1 Å². The molecule has 1 heterocycles. The molecule has 6 N–H and O–H groups in total. The molecule has 2 aromatic rings. The van der Waals surface area contributed by atoms with E-state index in [9.17, 15) is 28.8 Å². The van der Waals surface area contributed by atoms with Crippen LogP contribution in [0.15, 0.2) is 48.5 Å². The maximum Gasteiger partial charge on any atom is 0.461 e. The van der Waals surface area contributed by atoms with Crippen molar-refractivity contribution in [2.45, 2.75) is 194 Å². The number of benzene rings is 2. The highest BCUT2D eigenvalue weighted by Crippen LogP contribution is 2.66. The van der Waals surface area contributed by atoms with Crippen molar-refractivity contribution in [2.24, 2.45) is 46.5 Å². The Bertz CT molecular complexity index is 2040. The summed E-state index contributed by atoms with van der Waals surface area (Å²) >= 11 is 0. The topological polar surface area (TPSA) is 197 Å². The highest BCUT2D eigenvalue weighted by Gasteiger charge is 2.68. The molecular formula is C56H85BN4O8. The number of unbranched alkanes of at least 4 members (excludes halogenated alkanes) is 2. The van der Waals surface area contributed by atoms with Gasteiger partial charge in [-0.15, -0.1) is 0 Å². The number of nitrogens with one attached hydrogen (secondary N) is 2. The summed E-state index contributed by atoms with van der Waals surface area (Å²) in [6.45, 7) is 17.4. The van der Waals surface area contributed by atoms with Crippen LogP contribution in [0.1, 0.15) is 174 Å². The predicted molar refractivity (Wildman–Crippen MR) is 274 cm³/mol. The summed E-state index contributed by atoms with van der Waals surface area (Å²) in [5.41, 5.74) is 15.5. The Labute approximate surface area is 413 Å². The Balaban J connectivity index is 1.11. The van der Waals surface area contributed by atoms with Crippen LogP contribution in [0.2, 0.25) is 5.82 Å². The van der Waals surface area contributed by atoms with Gasteiger partial charge in [0.1, 0.15) is 5.78 Å². The molecule has 380 valence electrons. The number of carbonyl (C=O) groups excluding carboxylic acids is 6. The molecule has 3 aliphatic carbocycles. The van der Waals surface area contributed by atoms with Crippen molar-refractivity contribution in [3.8, 4) is 11.1 Å². The second kappa shape index (κ2) is 25.9. The standard InChI is InChI=1S/C56H85BN4O8/c1-9-10-15-39-20-22-40(23-21-39)41-24-26-42(27-25-41)48(63)19-13-17-45(62)33-43(16-11-12-28-58)54(67)60-46(18-14-29-59)49(64)31-37(4)53(66)61-47(30-36(2)3)50(65)32-38(5)57-68-52-35-44-34-51(55(44,6)7)56(52,8)69-57/h20-27,36-38,43-44,46-47,51-52H,9-19,28-35,58-59H2,1-8H3,(H,60,67)(H,61,66)/t37-,38-,43-,44+,46+,47+,51+,52?,56+/m1/s1. The van der Waals surface area contributed by atoms with Crippen LogP contribution in [0.5, 0.6) is 0 Å². The van der Waals surface area contributed by atoms with E-state index in [0.29, 0.717) is 69.0 Å². The van der Waals surface area contributed by atoms with E-state index in [4.69, 9.17) is 20.8 Å². The van der Waals surface area contributed by atoms with Crippen molar-refractivity contribution in [1.82, 2.24) is 10.6 Å². The molecule has 13 heteroatoms. The number of hydrogen-bond donors (Lipinski definition) is 4. The number of amides is 2. The molecule has 1 saturated heterocycles. The molecule has 0 spiro atoms.